The van der Waals surface area contributed by atoms with E-state index in [1.165, 1.54) is 0 Å². The molecule has 0 radical (unpaired) electrons. The van der Waals surface area contributed by atoms with Gasteiger partial charge in [-0.25, -0.2) is 4.98 Å². The number of aromatic nitrogens is 2. The minimum atomic E-state index is -0.696. The van der Waals surface area contributed by atoms with Crippen molar-refractivity contribution in [1.29, 1.82) is 0 Å². The second kappa shape index (κ2) is 6.50. The molecule has 19 heavy (non-hydrogen) atoms. The SMILES string of the molecule is CCCn1ccnc1C(O)C1(OCC)CCOCC1. The van der Waals surface area contributed by atoms with Gasteiger partial charge in [-0.3, -0.25) is 0 Å². The largest absolute Gasteiger partial charge is 0.382 e. The van der Waals surface area contributed by atoms with Gasteiger partial charge in [0.1, 0.15) is 17.5 Å². The molecule has 2 heterocycles. The molecule has 1 N–H and O–H groups in total. The molecule has 1 aliphatic rings. The van der Waals surface area contributed by atoms with Crippen LogP contribution in [0.25, 0.3) is 0 Å². The minimum absolute atomic E-state index is 0.552. The summed E-state index contributed by atoms with van der Waals surface area (Å²) in [5.41, 5.74) is -0.552. The van der Waals surface area contributed by atoms with Gasteiger partial charge in [-0.05, 0) is 13.3 Å². The number of aliphatic hydroxyl groups is 1. The van der Waals surface area contributed by atoms with Crippen molar-refractivity contribution in [2.45, 2.75) is 51.4 Å². The average molecular weight is 268 g/mol. The number of aryl methyl sites for hydroxylation is 1. The van der Waals surface area contributed by atoms with E-state index in [9.17, 15) is 5.11 Å². The Morgan fingerprint density at radius 3 is 2.84 bits per heavy atom. The van der Waals surface area contributed by atoms with Crippen molar-refractivity contribution in [2.24, 2.45) is 0 Å². The molecule has 1 unspecified atom stereocenters. The predicted octanol–water partition coefficient (Wildman–Crippen LogP) is 1.91. The van der Waals surface area contributed by atoms with E-state index in [4.69, 9.17) is 9.47 Å². The Morgan fingerprint density at radius 1 is 1.47 bits per heavy atom. The standard InChI is InChI=1S/C14H24N2O3/c1-3-8-16-9-7-15-13(16)12(17)14(19-4-2)5-10-18-11-6-14/h7,9,12,17H,3-6,8,10-11H2,1-2H3. The lowest BCUT2D eigenvalue weighted by Gasteiger charge is -2.40. The molecule has 1 fully saturated rings. The molecule has 5 heteroatoms. The van der Waals surface area contributed by atoms with E-state index in [1.54, 1.807) is 6.20 Å². The third-order valence-electron chi connectivity index (χ3n) is 3.73. The summed E-state index contributed by atoms with van der Waals surface area (Å²) in [6, 6.07) is 0. The predicted molar refractivity (Wildman–Crippen MR) is 71.9 cm³/mol. The number of imidazole rings is 1. The van der Waals surface area contributed by atoms with E-state index in [1.807, 2.05) is 17.7 Å². The summed E-state index contributed by atoms with van der Waals surface area (Å²) in [5, 5.41) is 10.8. The van der Waals surface area contributed by atoms with Gasteiger partial charge < -0.3 is 19.1 Å². The van der Waals surface area contributed by atoms with Crippen molar-refractivity contribution < 1.29 is 14.6 Å². The molecular weight excluding hydrogens is 244 g/mol. The molecule has 1 aromatic heterocycles. The molecule has 1 atom stereocenters. The smallest absolute Gasteiger partial charge is 0.141 e. The third-order valence-corrected chi connectivity index (χ3v) is 3.73. The second-order valence-electron chi connectivity index (χ2n) is 4.99. The Kier molecular flexibility index (Phi) is 4.96. The van der Waals surface area contributed by atoms with Gasteiger partial charge in [-0.1, -0.05) is 6.92 Å². The number of hydrogen-bond donors (Lipinski definition) is 1. The van der Waals surface area contributed by atoms with Crippen LogP contribution in [-0.4, -0.2) is 40.1 Å². The minimum Gasteiger partial charge on any atom is -0.382 e. The molecule has 2 rings (SSSR count). The van der Waals surface area contributed by atoms with Crippen LogP contribution in [0.5, 0.6) is 0 Å². The van der Waals surface area contributed by atoms with Crippen LogP contribution in [0.2, 0.25) is 0 Å². The van der Waals surface area contributed by atoms with Gasteiger partial charge in [-0.15, -0.1) is 0 Å². The molecule has 0 amide bonds. The Morgan fingerprint density at radius 2 is 2.21 bits per heavy atom. The molecule has 0 spiro atoms. The highest BCUT2D eigenvalue weighted by molar-refractivity contribution is 5.05. The first-order valence-electron chi connectivity index (χ1n) is 7.14. The molecule has 0 aliphatic carbocycles. The van der Waals surface area contributed by atoms with Gasteiger partial charge in [0.2, 0.25) is 0 Å². The molecule has 1 aromatic rings. The van der Waals surface area contributed by atoms with Crippen molar-refractivity contribution in [2.75, 3.05) is 19.8 Å². The van der Waals surface area contributed by atoms with E-state index in [2.05, 4.69) is 11.9 Å². The van der Waals surface area contributed by atoms with Crippen molar-refractivity contribution in [3.63, 3.8) is 0 Å². The highest BCUT2D eigenvalue weighted by atomic mass is 16.5. The van der Waals surface area contributed by atoms with Gasteiger partial charge in [0.05, 0.1) is 0 Å². The fraction of sp³-hybridized carbons (Fsp3) is 0.786. The van der Waals surface area contributed by atoms with Crippen molar-refractivity contribution in [1.82, 2.24) is 9.55 Å². The summed E-state index contributed by atoms with van der Waals surface area (Å²) < 4.78 is 13.3. The molecule has 0 saturated carbocycles. The van der Waals surface area contributed by atoms with Gasteiger partial charge in [0.15, 0.2) is 0 Å². The molecule has 1 aliphatic heterocycles. The first kappa shape index (κ1) is 14.5. The number of hydrogen-bond acceptors (Lipinski definition) is 4. The Balaban J connectivity index is 2.22. The summed E-state index contributed by atoms with van der Waals surface area (Å²) >= 11 is 0. The maximum Gasteiger partial charge on any atom is 0.141 e. The van der Waals surface area contributed by atoms with Crippen LogP contribution in [0, 0.1) is 0 Å². The lowest BCUT2D eigenvalue weighted by molar-refractivity contribution is -0.170. The summed E-state index contributed by atoms with van der Waals surface area (Å²) in [4.78, 5) is 4.33. The first-order chi connectivity index (χ1) is 9.23. The molecule has 0 bridgehead atoms. The van der Waals surface area contributed by atoms with Crippen LogP contribution in [0.1, 0.15) is 45.0 Å². The summed E-state index contributed by atoms with van der Waals surface area (Å²) in [6.45, 7) is 6.79. The number of rotatable bonds is 6. The van der Waals surface area contributed by atoms with E-state index in [-0.39, 0.29) is 0 Å². The molecule has 0 aromatic carbocycles. The molecule has 1 saturated heterocycles. The Hall–Kier alpha value is -0.910. The quantitative estimate of drug-likeness (QED) is 0.856. The van der Waals surface area contributed by atoms with E-state index >= 15 is 0 Å². The van der Waals surface area contributed by atoms with Crippen LogP contribution < -0.4 is 0 Å². The van der Waals surface area contributed by atoms with Crippen molar-refractivity contribution in [3.8, 4) is 0 Å². The first-order valence-corrected chi connectivity index (χ1v) is 7.14. The highest BCUT2D eigenvalue weighted by Gasteiger charge is 2.43. The number of ether oxygens (including phenoxy) is 2. The Bertz CT molecular complexity index is 380. The topological polar surface area (TPSA) is 56.5 Å². The monoisotopic (exact) mass is 268 g/mol. The van der Waals surface area contributed by atoms with Crippen LogP contribution in [0.4, 0.5) is 0 Å². The average Bonchev–Trinajstić information content (AvgIpc) is 2.88. The highest BCUT2D eigenvalue weighted by Crippen LogP contribution is 2.37. The van der Waals surface area contributed by atoms with Crippen molar-refractivity contribution in [3.05, 3.63) is 18.2 Å². The van der Waals surface area contributed by atoms with Crippen LogP contribution in [0.15, 0.2) is 12.4 Å². The Labute approximate surface area is 114 Å². The van der Waals surface area contributed by atoms with Gasteiger partial charge >= 0.3 is 0 Å². The molecular formula is C14H24N2O3. The zero-order valence-corrected chi connectivity index (χ0v) is 11.8. The molecule has 5 nitrogen and oxygen atoms in total. The maximum atomic E-state index is 10.8. The van der Waals surface area contributed by atoms with Crippen molar-refractivity contribution >= 4 is 0 Å². The summed E-state index contributed by atoms with van der Waals surface area (Å²) in [6.07, 6.45) is 5.40. The van der Waals surface area contributed by atoms with E-state index in [0.717, 1.165) is 13.0 Å². The lowest BCUT2D eigenvalue weighted by Crippen LogP contribution is -2.45. The van der Waals surface area contributed by atoms with Crippen LogP contribution >= 0.6 is 0 Å². The van der Waals surface area contributed by atoms with Gasteiger partial charge in [0, 0.05) is 51.6 Å². The summed E-state index contributed by atoms with van der Waals surface area (Å²) in [5.74, 6) is 0.706. The molecule has 108 valence electrons. The maximum absolute atomic E-state index is 10.8. The van der Waals surface area contributed by atoms with Gasteiger partial charge in [-0.2, -0.15) is 0 Å². The van der Waals surface area contributed by atoms with Crippen LogP contribution in [0.3, 0.4) is 0 Å². The fourth-order valence-corrected chi connectivity index (χ4v) is 2.73. The zero-order valence-electron chi connectivity index (χ0n) is 11.8. The normalized spacial score (nSPS) is 20.4. The number of aliphatic hydroxyl groups excluding tert-OH is 1. The van der Waals surface area contributed by atoms with Crippen LogP contribution in [-0.2, 0) is 16.0 Å². The fourth-order valence-electron chi connectivity index (χ4n) is 2.73. The number of nitrogens with zero attached hydrogens (tertiary/aromatic N) is 2. The zero-order chi connectivity index (χ0) is 13.7. The second-order valence-corrected chi connectivity index (χ2v) is 4.99. The van der Waals surface area contributed by atoms with Gasteiger partial charge in [0.25, 0.3) is 0 Å². The van der Waals surface area contributed by atoms with E-state index < -0.39 is 11.7 Å². The lowest BCUT2D eigenvalue weighted by atomic mass is 9.87. The summed E-state index contributed by atoms with van der Waals surface area (Å²) in [7, 11) is 0. The third kappa shape index (κ3) is 2.99. The van der Waals surface area contributed by atoms with E-state index in [0.29, 0.717) is 38.5 Å².